The van der Waals surface area contributed by atoms with Crippen LogP contribution in [0.15, 0.2) is 36.7 Å². The van der Waals surface area contributed by atoms with Crippen molar-refractivity contribution in [1.29, 1.82) is 0 Å². The van der Waals surface area contributed by atoms with Gasteiger partial charge in [-0.2, -0.15) is 0 Å². The summed E-state index contributed by atoms with van der Waals surface area (Å²) in [4.78, 5) is 33.3. The molecule has 31 heavy (non-hydrogen) atoms. The van der Waals surface area contributed by atoms with Gasteiger partial charge in [-0.15, -0.1) is 0 Å². The number of amides is 1. The second-order valence-electron chi connectivity index (χ2n) is 9.28. The van der Waals surface area contributed by atoms with Crippen molar-refractivity contribution >= 4 is 28.6 Å². The van der Waals surface area contributed by atoms with Gasteiger partial charge >= 0.3 is 5.97 Å². The highest BCUT2D eigenvalue weighted by atomic mass is 16.6. The van der Waals surface area contributed by atoms with Gasteiger partial charge in [0.2, 0.25) is 5.91 Å². The average molecular weight is 425 g/mol. The Hall–Kier alpha value is -2.96. The molecule has 2 aliphatic heterocycles. The van der Waals surface area contributed by atoms with E-state index in [2.05, 4.69) is 35.2 Å². The molecular weight excluding hydrogens is 392 g/mol. The number of anilines is 1. The summed E-state index contributed by atoms with van der Waals surface area (Å²) in [7, 11) is 0. The summed E-state index contributed by atoms with van der Waals surface area (Å²) in [6, 6.07) is 5.63. The van der Waals surface area contributed by atoms with Crippen molar-refractivity contribution in [1.82, 2.24) is 14.9 Å². The van der Waals surface area contributed by atoms with Crippen LogP contribution in [0.4, 0.5) is 5.82 Å². The minimum absolute atomic E-state index is 0.278. The summed E-state index contributed by atoms with van der Waals surface area (Å²) in [5.41, 5.74) is 0.797. The van der Waals surface area contributed by atoms with E-state index in [4.69, 9.17) is 4.74 Å². The number of nitrogens with one attached hydrogen (secondary N) is 1. The topological polar surface area (TPSA) is 84.2 Å². The number of hydrogen-bond donors (Lipinski definition) is 1. The van der Waals surface area contributed by atoms with Crippen molar-refractivity contribution in [2.75, 3.05) is 18.4 Å². The van der Waals surface area contributed by atoms with Crippen LogP contribution in [0.3, 0.4) is 0 Å². The summed E-state index contributed by atoms with van der Waals surface area (Å²) < 4.78 is 5.42. The Bertz CT molecular complexity index is 962. The molecule has 166 valence electrons. The number of benzene rings is 1. The van der Waals surface area contributed by atoms with Crippen LogP contribution in [0, 0.1) is 5.92 Å². The van der Waals surface area contributed by atoms with E-state index in [-0.39, 0.29) is 12.0 Å². The maximum Gasteiger partial charge on any atom is 0.338 e. The fourth-order valence-corrected chi connectivity index (χ4v) is 3.26. The maximum atomic E-state index is 12.2. The Kier molecular flexibility index (Phi) is 6.93. The number of nitrogens with zero attached hydrogens (tertiary/aromatic N) is 3. The molecule has 2 aliphatic rings. The van der Waals surface area contributed by atoms with Crippen molar-refractivity contribution in [3.63, 3.8) is 0 Å². The Labute approximate surface area is 183 Å². The Balaban J connectivity index is 0.000000280. The van der Waals surface area contributed by atoms with Crippen LogP contribution in [0.25, 0.3) is 10.9 Å². The van der Waals surface area contributed by atoms with E-state index < -0.39 is 5.60 Å². The molecule has 0 aliphatic carbocycles. The van der Waals surface area contributed by atoms with Crippen molar-refractivity contribution in [3.8, 4) is 0 Å². The number of aromatic nitrogens is 2. The van der Waals surface area contributed by atoms with Crippen LogP contribution in [-0.4, -0.2) is 51.5 Å². The molecule has 2 aromatic rings. The van der Waals surface area contributed by atoms with Crippen LogP contribution in [0.1, 0.15) is 57.8 Å². The Morgan fingerprint density at radius 3 is 2.65 bits per heavy atom. The molecule has 3 heterocycles. The van der Waals surface area contributed by atoms with E-state index in [1.54, 1.807) is 12.1 Å². The molecule has 0 spiro atoms. The molecule has 0 radical (unpaired) electrons. The number of fused-ring (bicyclic) bond motifs is 2. The van der Waals surface area contributed by atoms with Gasteiger partial charge in [-0.05, 0) is 57.7 Å². The van der Waals surface area contributed by atoms with Crippen LogP contribution in [0.5, 0.6) is 0 Å². The molecule has 0 saturated carbocycles. The molecule has 1 atom stereocenters. The number of hydrogen-bond acceptors (Lipinski definition) is 6. The number of rotatable bonds is 5. The predicted molar refractivity (Wildman–Crippen MR) is 122 cm³/mol. The zero-order chi connectivity index (χ0) is 22.6. The minimum Gasteiger partial charge on any atom is -0.456 e. The van der Waals surface area contributed by atoms with Crippen LogP contribution >= 0.6 is 0 Å². The standard InChI is InChI=1S/C18H25N3O2.C6H7NO/c1-12(2)8-9-19-16-14-10-13(17(22)23-18(3,4)5)6-7-15(14)20-11-21-16;8-6-5-3-1-2-4-7(5)6/h6-7,10-12H,8-9H2,1-5H3,(H,19,20,21);1-2,5H,3-4H2. The summed E-state index contributed by atoms with van der Waals surface area (Å²) >= 11 is 0. The van der Waals surface area contributed by atoms with E-state index in [0.717, 1.165) is 42.7 Å². The average Bonchev–Trinajstić information content (AvgIpc) is 3.37. The lowest BCUT2D eigenvalue weighted by atomic mass is 10.1. The molecule has 1 fully saturated rings. The SMILES string of the molecule is CC(C)CCNc1ncnc2ccc(C(=O)OC(C)(C)C)cc12.O=C1C2CC=CCN12. The van der Waals surface area contributed by atoms with Gasteiger partial charge in [0, 0.05) is 18.5 Å². The third-order valence-corrected chi connectivity index (χ3v) is 4.99. The van der Waals surface area contributed by atoms with Gasteiger partial charge in [-0.1, -0.05) is 26.0 Å². The third kappa shape index (κ3) is 6.26. The number of ether oxygens (including phenoxy) is 1. The second kappa shape index (κ2) is 9.45. The zero-order valence-corrected chi connectivity index (χ0v) is 19.0. The van der Waals surface area contributed by atoms with Crippen molar-refractivity contribution < 1.29 is 14.3 Å². The minimum atomic E-state index is -0.516. The Morgan fingerprint density at radius 1 is 1.26 bits per heavy atom. The van der Waals surface area contributed by atoms with E-state index in [0.29, 0.717) is 17.4 Å². The van der Waals surface area contributed by atoms with Gasteiger partial charge in [-0.25, -0.2) is 14.8 Å². The van der Waals surface area contributed by atoms with E-state index in [9.17, 15) is 9.59 Å². The first-order chi connectivity index (χ1) is 14.7. The van der Waals surface area contributed by atoms with Crippen molar-refractivity contribution in [2.45, 2.75) is 59.1 Å². The fraction of sp³-hybridized carbons (Fsp3) is 0.500. The summed E-state index contributed by atoms with van der Waals surface area (Å²) in [6.45, 7) is 11.6. The first kappa shape index (κ1) is 22.7. The van der Waals surface area contributed by atoms with E-state index in [1.807, 2.05) is 37.8 Å². The fourth-order valence-electron chi connectivity index (χ4n) is 3.26. The first-order valence-electron chi connectivity index (χ1n) is 10.8. The molecule has 1 aromatic carbocycles. The molecule has 1 N–H and O–H groups in total. The molecule has 7 nitrogen and oxygen atoms in total. The largest absolute Gasteiger partial charge is 0.456 e. The van der Waals surface area contributed by atoms with Crippen LogP contribution < -0.4 is 5.32 Å². The summed E-state index contributed by atoms with van der Waals surface area (Å²) in [6.07, 6.45) is 7.65. The third-order valence-electron chi connectivity index (χ3n) is 4.99. The van der Waals surface area contributed by atoms with Gasteiger partial charge < -0.3 is 15.0 Å². The van der Waals surface area contributed by atoms with Gasteiger partial charge in [-0.3, -0.25) is 4.79 Å². The van der Waals surface area contributed by atoms with Crippen molar-refractivity contribution in [3.05, 3.63) is 42.2 Å². The highest BCUT2D eigenvalue weighted by Crippen LogP contribution is 2.26. The number of carbonyl (C=O) groups is 2. The van der Waals surface area contributed by atoms with Gasteiger partial charge in [0.25, 0.3) is 0 Å². The lowest BCUT2D eigenvalue weighted by Gasteiger charge is -2.19. The monoisotopic (exact) mass is 424 g/mol. The van der Waals surface area contributed by atoms with E-state index in [1.165, 1.54) is 6.33 Å². The molecule has 7 heteroatoms. The van der Waals surface area contributed by atoms with Crippen molar-refractivity contribution in [2.24, 2.45) is 5.92 Å². The maximum absolute atomic E-state index is 12.2. The molecule has 1 amide bonds. The highest BCUT2D eigenvalue weighted by molar-refractivity contribution is 5.98. The summed E-state index contributed by atoms with van der Waals surface area (Å²) in [5, 5.41) is 4.16. The van der Waals surface area contributed by atoms with Gasteiger partial charge in [0.1, 0.15) is 23.8 Å². The lowest BCUT2D eigenvalue weighted by Crippen LogP contribution is -2.23. The van der Waals surface area contributed by atoms with E-state index >= 15 is 0 Å². The Morgan fingerprint density at radius 2 is 2.03 bits per heavy atom. The second-order valence-corrected chi connectivity index (χ2v) is 9.28. The first-order valence-corrected chi connectivity index (χ1v) is 10.8. The highest BCUT2D eigenvalue weighted by Gasteiger charge is 2.44. The molecular formula is C24H32N4O3. The normalized spacial score (nSPS) is 17.2. The molecule has 1 saturated heterocycles. The molecule has 4 rings (SSSR count). The number of carbonyl (C=O) groups excluding carboxylic acids is 2. The zero-order valence-electron chi connectivity index (χ0n) is 19.0. The summed E-state index contributed by atoms with van der Waals surface area (Å²) in [5.74, 6) is 1.36. The van der Waals surface area contributed by atoms with Gasteiger partial charge in [0.05, 0.1) is 11.1 Å². The van der Waals surface area contributed by atoms with Crippen LogP contribution in [-0.2, 0) is 9.53 Å². The lowest BCUT2D eigenvalue weighted by molar-refractivity contribution is -0.113. The molecule has 1 aromatic heterocycles. The molecule has 0 bridgehead atoms. The van der Waals surface area contributed by atoms with Crippen LogP contribution in [0.2, 0.25) is 0 Å². The number of esters is 1. The molecule has 1 unspecified atom stereocenters. The predicted octanol–water partition coefficient (Wildman–Crippen LogP) is 4.20. The quantitative estimate of drug-likeness (QED) is 0.440. The smallest absolute Gasteiger partial charge is 0.338 e. The van der Waals surface area contributed by atoms with Gasteiger partial charge in [0.15, 0.2) is 0 Å².